The summed E-state index contributed by atoms with van der Waals surface area (Å²) in [5.41, 5.74) is 7.08. The van der Waals surface area contributed by atoms with Gasteiger partial charge in [-0.25, -0.2) is 0 Å². The molecule has 6 heteroatoms. The molecule has 90 valence electrons. The quantitative estimate of drug-likeness (QED) is 0.798. The molecule has 17 heavy (non-hydrogen) atoms. The highest BCUT2D eigenvalue weighted by Gasteiger charge is 2.03. The summed E-state index contributed by atoms with van der Waals surface area (Å²) in [4.78, 5) is 0. The van der Waals surface area contributed by atoms with Crippen LogP contribution in [-0.4, -0.2) is 22.1 Å². The van der Waals surface area contributed by atoms with Crippen molar-refractivity contribution in [3.05, 3.63) is 30.1 Å². The molecule has 0 spiro atoms. The van der Waals surface area contributed by atoms with E-state index in [4.69, 9.17) is 15.2 Å². The number of hydrogen-bond donors (Lipinski definition) is 1. The number of nitrogens with two attached hydrogens (primary N) is 1. The van der Waals surface area contributed by atoms with Gasteiger partial charge >= 0.3 is 0 Å². The van der Waals surface area contributed by atoms with Gasteiger partial charge in [-0.2, -0.15) is 0 Å². The monoisotopic (exact) mass is 234 g/mol. The van der Waals surface area contributed by atoms with Crippen LogP contribution in [0.25, 0.3) is 0 Å². The van der Waals surface area contributed by atoms with Gasteiger partial charge in [0.1, 0.15) is 23.8 Å². The minimum absolute atomic E-state index is 0.361. The van der Waals surface area contributed by atoms with Gasteiger partial charge in [0.15, 0.2) is 0 Å². The molecule has 1 heterocycles. The first-order valence-corrected chi connectivity index (χ1v) is 5.10. The molecule has 1 aromatic carbocycles. The van der Waals surface area contributed by atoms with Gasteiger partial charge in [-0.1, -0.05) is 5.21 Å². The van der Waals surface area contributed by atoms with E-state index < -0.39 is 0 Å². The van der Waals surface area contributed by atoms with Crippen molar-refractivity contribution in [3.63, 3.8) is 0 Å². The molecule has 0 unspecified atom stereocenters. The van der Waals surface area contributed by atoms with Crippen molar-refractivity contribution in [3.8, 4) is 11.5 Å². The molecule has 0 saturated heterocycles. The van der Waals surface area contributed by atoms with Crippen molar-refractivity contribution in [2.24, 2.45) is 7.05 Å². The summed E-state index contributed by atoms with van der Waals surface area (Å²) < 4.78 is 12.2. The molecule has 0 aliphatic rings. The van der Waals surface area contributed by atoms with Crippen LogP contribution in [0.5, 0.6) is 11.5 Å². The Balaban J connectivity index is 2.02. The lowest BCUT2D eigenvalue weighted by Gasteiger charge is -2.07. The summed E-state index contributed by atoms with van der Waals surface area (Å²) in [6, 6.07) is 5.28. The van der Waals surface area contributed by atoms with Crippen LogP contribution in [0.15, 0.2) is 24.4 Å². The third kappa shape index (κ3) is 2.66. The average molecular weight is 234 g/mol. The number of rotatable bonds is 4. The van der Waals surface area contributed by atoms with Crippen LogP contribution in [-0.2, 0) is 13.7 Å². The van der Waals surface area contributed by atoms with Gasteiger partial charge in [-0.3, -0.25) is 4.68 Å². The van der Waals surface area contributed by atoms with Gasteiger partial charge in [-0.15, -0.1) is 5.10 Å². The average Bonchev–Trinajstić information content (AvgIpc) is 2.73. The second-order valence-electron chi connectivity index (χ2n) is 3.58. The lowest BCUT2D eigenvalue weighted by molar-refractivity contribution is 0.300. The molecule has 0 bridgehead atoms. The van der Waals surface area contributed by atoms with Gasteiger partial charge in [0.05, 0.1) is 19.0 Å². The second-order valence-corrected chi connectivity index (χ2v) is 3.58. The second kappa shape index (κ2) is 4.73. The number of aromatic nitrogens is 3. The predicted octanol–water partition coefficient (Wildman–Crippen LogP) is 0.985. The zero-order chi connectivity index (χ0) is 12.3. The van der Waals surface area contributed by atoms with Crippen molar-refractivity contribution in [2.45, 2.75) is 6.61 Å². The minimum Gasteiger partial charge on any atom is -0.495 e. The molecule has 0 radical (unpaired) electrons. The maximum Gasteiger partial charge on any atom is 0.142 e. The van der Waals surface area contributed by atoms with Crippen molar-refractivity contribution in [1.29, 1.82) is 0 Å². The Morgan fingerprint density at radius 3 is 2.82 bits per heavy atom. The topological polar surface area (TPSA) is 75.2 Å². The van der Waals surface area contributed by atoms with Crippen molar-refractivity contribution < 1.29 is 9.47 Å². The van der Waals surface area contributed by atoms with Gasteiger partial charge in [-0.05, 0) is 12.1 Å². The molecular formula is C11H14N4O2. The molecule has 0 saturated carbocycles. The third-order valence-electron chi connectivity index (χ3n) is 2.24. The summed E-state index contributed by atoms with van der Waals surface area (Å²) in [5.74, 6) is 1.31. The number of nitrogen functional groups attached to an aromatic ring is 1. The van der Waals surface area contributed by atoms with Crippen molar-refractivity contribution in [1.82, 2.24) is 15.0 Å². The third-order valence-corrected chi connectivity index (χ3v) is 2.24. The van der Waals surface area contributed by atoms with E-state index in [1.54, 1.807) is 36.2 Å². The molecule has 0 aliphatic heterocycles. The molecular weight excluding hydrogens is 220 g/mol. The number of hydrogen-bond acceptors (Lipinski definition) is 5. The van der Waals surface area contributed by atoms with Crippen LogP contribution in [0.4, 0.5) is 5.69 Å². The number of benzene rings is 1. The number of ether oxygens (including phenoxy) is 2. The molecule has 0 amide bonds. The first-order valence-electron chi connectivity index (χ1n) is 5.10. The lowest BCUT2D eigenvalue weighted by atomic mass is 10.3. The summed E-state index contributed by atoms with van der Waals surface area (Å²) in [6.45, 7) is 0.361. The van der Waals surface area contributed by atoms with E-state index in [2.05, 4.69) is 10.3 Å². The van der Waals surface area contributed by atoms with Crippen LogP contribution in [0.3, 0.4) is 0 Å². The van der Waals surface area contributed by atoms with E-state index in [-0.39, 0.29) is 0 Å². The summed E-state index contributed by atoms with van der Waals surface area (Å²) in [6.07, 6.45) is 1.80. The SMILES string of the molecule is COc1ccc(OCc2cn(C)nn2)cc1N. The Morgan fingerprint density at radius 2 is 2.24 bits per heavy atom. The number of nitrogens with zero attached hydrogens (tertiary/aromatic N) is 3. The molecule has 0 atom stereocenters. The van der Waals surface area contributed by atoms with E-state index in [1.807, 2.05) is 7.05 Å². The maximum absolute atomic E-state index is 5.77. The van der Waals surface area contributed by atoms with Gasteiger partial charge in [0.2, 0.25) is 0 Å². The number of methoxy groups -OCH3 is 1. The van der Waals surface area contributed by atoms with Gasteiger partial charge < -0.3 is 15.2 Å². The molecule has 2 rings (SSSR count). The van der Waals surface area contributed by atoms with Crippen molar-refractivity contribution in [2.75, 3.05) is 12.8 Å². The zero-order valence-electron chi connectivity index (χ0n) is 9.75. The van der Waals surface area contributed by atoms with Crippen LogP contribution >= 0.6 is 0 Å². The predicted molar refractivity (Wildman–Crippen MR) is 62.7 cm³/mol. The number of aryl methyl sites for hydroxylation is 1. The highest BCUT2D eigenvalue weighted by atomic mass is 16.5. The number of anilines is 1. The lowest BCUT2D eigenvalue weighted by Crippen LogP contribution is -1.98. The Kier molecular flexibility index (Phi) is 3.13. The minimum atomic E-state index is 0.361. The summed E-state index contributed by atoms with van der Waals surface area (Å²) in [7, 11) is 3.38. The van der Waals surface area contributed by atoms with E-state index >= 15 is 0 Å². The standard InChI is InChI=1S/C11H14N4O2/c1-15-6-8(13-14-15)7-17-9-3-4-11(16-2)10(12)5-9/h3-6H,7,12H2,1-2H3. The largest absolute Gasteiger partial charge is 0.495 e. The zero-order valence-corrected chi connectivity index (χ0v) is 9.75. The fourth-order valence-electron chi connectivity index (χ4n) is 1.42. The molecule has 2 aromatic rings. The van der Waals surface area contributed by atoms with Crippen LogP contribution in [0, 0.1) is 0 Å². The first-order chi connectivity index (χ1) is 8.19. The Morgan fingerprint density at radius 1 is 1.41 bits per heavy atom. The van der Waals surface area contributed by atoms with Crippen molar-refractivity contribution >= 4 is 5.69 Å². The van der Waals surface area contributed by atoms with E-state index in [9.17, 15) is 0 Å². The Bertz CT molecular complexity index is 510. The van der Waals surface area contributed by atoms with Crippen LogP contribution < -0.4 is 15.2 Å². The molecule has 0 aliphatic carbocycles. The van der Waals surface area contributed by atoms with Gasteiger partial charge in [0.25, 0.3) is 0 Å². The van der Waals surface area contributed by atoms with Crippen LogP contribution in [0.2, 0.25) is 0 Å². The molecule has 0 fully saturated rings. The maximum atomic E-state index is 5.77. The van der Waals surface area contributed by atoms with E-state index in [0.29, 0.717) is 23.8 Å². The Hall–Kier alpha value is -2.24. The fraction of sp³-hybridized carbons (Fsp3) is 0.273. The highest BCUT2D eigenvalue weighted by molar-refractivity contribution is 5.56. The van der Waals surface area contributed by atoms with Crippen LogP contribution in [0.1, 0.15) is 5.69 Å². The normalized spacial score (nSPS) is 10.2. The summed E-state index contributed by atoms with van der Waals surface area (Å²) in [5, 5.41) is 7.73. The molecule has 2 N–H and O–H groups in total. The fourth-order valence-corrected chi connectivity index (χ4v) is 1.42. The smallest absolute Gasteiger partial charge is 0.142 e. The highest BCUT2D eigenvalue weighted by Crippen LogP contribution is 2.26. The van der Waals surface area contributed by atoms with E-state index in [0.717, 1.165) is 5.69 Å². The first kappa shape index (κ1) is 11.3. The Labute approximate surface area is 98.9 Å². The molecule has 6 nitrogen and oxygen atoms in total. The van der Waals surface area contributed by atoms with E-state index in [1.165, 1.54) is 0 Å². The summed E-state index contributed by atoms with van der Waals surface area (Å²) >= 11 is 0. The van der Waals surface area contributed by atoms with Gasteiger partial charge in [0, 0.05) is 13.1 Å². The molecule has 1 aromatic heterocycles.